The van der Waals surface area contributed by atoms with Gasteiger partial charge in [0.25, 0.3) is 10.0 Å². The van der Waals surface area contributed by atoms with Gasteiger partial charge in [-0.2, -0.15) is 13.5 Å². The largest absolute Gasteiger partial charge is 0.494 e. The van der Waals surface area contributed by atoms with Crippen LogP contribution >= 0.6 is 0 Å². The van der Waals surface area contributed by atoms with Gasteiger partial charge in [0.1, 0.15) is 5.75 Å². The first-order chi connectivity index (χ1) is 10.9. The standard InChI is InChI=1S/C17H20N2O3S/c1-4-22-16-7-5-6-15(11-16)12-18-19-23(20,21)17-9-8-13(2)14(3)10-17/h5-12,19H,4H2,1-3H3/b18-12+. The summed E-state index contributed by atoms with van der Waals surface area (Å²) in [6.45, 7) is 6.28. The van der Waals surface area contributed by atoms with E-state index in [1.54, 1.807) is 24.3 Å². The number of sulfonamides is 1. The van der Waals surface area contributed by atoms with Gasteiger partial charge in [0.15, 0.2) is 0 Å². The molecule has 0 aromatic heterocycles. The molecule has 5 nitrogen and oxygen atoms in total. The zero-order valence-corrected chi connectivity index (χ0v) is 14.2. The molecule has 2 rings (SSSR count). The molecule has 0 spiro atoms. The third-order valence-electron chi connectivity index (χ3n) is 3.34. The molecule has 0 aliphatic carbocycles. The zero-order chi connectivity index (χ0) is 16.9. The molecule has 0 radical (unpaired) electrons. The molecule has 0 saturated heterocycles. The van der Waals surface area contributed by atoms with Crippen LogP contribution in [-0.2, 0) is 10.0 Å². The summed E-state index contributed by atoms with van der Waals surface area (Å²) in [5.41, 5.74) is 2.71. The highest BCUT2D eigenvalue weighted by molar-refractivity contribution is 7.89. The van der Waals surface area contributed by atoms with Gasteiger partial charge >= 0.3 is 0 Å². The van der Waals surface area contributed by atoms with Crippen molar-refractivity contribution in [3.63, 3.8) is 0 Å². The summed E-state index contributed by atoms with van der Waals surface area (Å²) in [6, 6.07) is 12.2. The van der Waals surface area contributed by atoms with Crippen molar-refractivity contribution >= 4 is 16.2 Å². The van der Waals surface area contributed by atoms with Crippen molar-refractivity contribution in [1.82, 2.24) is 4.83 Å². The van der Waals surface area contributed by atoms with Gasteiger partial charge in [-0.15, -0.1) is 0 Å². The second-order valence-corrected chi connectivity index (χ2v) is 6.77. The van der Waals surface area contributed by atoms with Crippen LogP contribution in [0.4, 0.5) is 0 Å². The molecule has 2 aromatic rings. The zero-order valence-electron chi connectivity index (χ0n) is 13.4. The first-order valence-corrected chi connectivity index (χ1v) is 8.75. The van der Waals surface area contributed by atoms with Gasteiger partial charge in [-0.05, 0) is 61.7 Å². The highest BCUT2D eigenvalue weighted by Crippen LogP contribution is 2.15. The van der Waals surface area contributed by atoms with Gasteiger partial charge in [0.2, 0.25) is 0 Å². The van der Waals surface area contributed by atoms with Crippen molar-refractivity contribution in [3.8, 4) is 5.75 Å². The maximum absolute atomic E-state index is 12.2. The predicted octanol–water partition coefficient (Wildman–Crippen LogP) is 3.01. The van der Waals surface area contributed by atoms with E-state index in [2.05, 4.69) is 9.93 Å². The number of hydrazone groups is 1. The van der Waals surface area contributed by atoms with Gasteiger partial charge in [-0.3, -0.25) is 0 Å². The number of nitrogens with zero attached hydrogens (tertiary/aromatic N) is 1. The second-order valence-electron chi connectivity index (χ2n) is 5.10. The monoisotopic (exact) mass is 332 g/mol. The van der Waals surface area contributed by atoms with Crippen LogP contribution in [0.5, 0.6) is 5.75 Å². The predicted molar refractivity (Wildman–Crippen MR) is 91.4 cm³/mol. The van der Waals surface area contributed by atoms with Crippen LogP contribution in [0.15, 0.2) is 52.5 Å². The maximum atomic E-state index is 12.2. The highest BCUT2D eigenvalue weighted by atomic mass is 32.2. The van der Waals surface area contributed by atoms with Crippen LogP contribution < -0.4 is 9.57 Å². The summed E-state index contributed by atoms with van der Waals surface area (Å²) >= 11 is 0. The fraction of sp³-hybridized carbons (Fsp3) is 0.235. The van der Waals surface area contributed by atoms with Crippen LogP contribution in [-0.4, -0.2) is 21.2 Å². The van der Waals surface area contributed by atoms with Crippen LogP contribution in [0.2, 0.25) is 0 Å². The molecule has 0 amide bonds. The van der Waals surface area contributed by atoms with Gasteiger partial charge in [0, 0.05) is 0 Å². The van der Waals surface area contributed by atoms with Crippen molar-refractivity contribution in [2.24, 2.45) is 5.10 Å². The smallest absolute Gasteiger partial charge is 0.276 e. The molecule has 6 heteroatoms. The molecule has 0 heterocycles. The minimum absolute atomic E-state index is 0.195. The number of hydrogen-bond donors (Lipinski definition) is 1. The van der Waals surface area contributed by atoms with Crippen LogP contribution in [0.1, 0.15) is 23.6 Å². The summed E-state index contributed by atoms with van der Waals surface area (Å²) in [7, 11) is -3.67. The third kappa shape index (κ3) is 4.56. The van der Waals surface area contributed by atoms with E-state index in [0.29, 0.717) is 12.4 Å². The number of benzene rings is 2. The van der Waals surface area contributed by atoms with Crippen molar-refractivity contribution in [1.29, 1.82) is 0 Å². The number of rotatable bonds is 6. The lowest BCUT2D eigenvalue weighted by Crippen LogP contribution is -2.18. The Kier molecular flexibility index (Phi) is 5.39. The minimum Gasteiger partial charge on any atom is -0.494 e. The van der Waals surface area contributed by atoms with E-state index in [0.717, 1.165) is 16.7 Å². The molecular weight excluding hydrogens is 312 g/mol. The molecule has 2 aromatic carbocycles. The number of aryl methyl sites for hydroxylation is 2. The summed E-state index contributed by atoms with van der Waals surface area (Å²) in [5.74, 6) is 0.716. The normalized spacial score (nSPS) is 11.6. The van der Waals surface area contributed by atoms with Crippen LogP contribution in [0.25, 0.3) is 0 Å². The van der Waals surface area contributed by atoms with E-state index in [1.807, 2.05) is 39.0 Å². The van der Waals surface area contributed by atoms with E-state index in [1.165, 1.54) is 6.21 Å². The van der Waals surface area contributed by atoms with Gasteiger partial charge in [-0.25, -0.2) is 4.83 Å². The van der Waals surface area contributed by atoms with Crippen LogP contribution in [0.3, 0.4) is 0 Å². The van der Waals surface area contributed by atoms with Crippen LogP contribution in [0, 0.1) is 13.8 Å². The number of ether oxygens (including phenoxy) is 1. The fourth-order valence-corrected chi connectivity index (χ4v) is 2.83. The molecule has 122 valence electrons. The van der Waals surface area contributed by atoms with E-state index in [4.69, 9.17) is 4.74 Å². The summed E-state index contributed by atoms with van der Waals surface area (Å²) in [4.78, 5) is 2.42. The molecule has 0 fully saturated rings. The average molecular weight is 332 g/mol. The molecular formula is C17H20N2O3S. The fourth-order valence-electron chi connectivity index (χ4n) is 1.96. The Balaban J connectivity index is 2.12. The SMILES string of the molecule is CCOc1cccc(/C=N/NS(=O)(=O)c2ccc(C)c(C)c2)c1. The number of nitrogens with one attached hydrogen (secondary N) is 1. The molecule has 0 atom stereocenters. The third-order valence-corrected chi connectivity index (χ3v) is 4.56. The quantitative estimate of drug-likeness (QED) is 0.653. The minimum atomic E-state index is -3.67. The van der Waals surface area contributed by atoms with Gasteiger partial charge in [0.05, 0.1) is 17.7 Å². The Hall–Kier alpha value is -2.34. The highest BCUT2D eigenvalue weighted by Gasteiger charge is 2.13. The molecule has 0 saturated carbocycles. The van der Waals surface area contributed by atoms with E-state index >= 15 is 0 Å². The van der Waals surface area contributed by atoms with E-state index < -0.39 is 10.0 Å². The summed E-state index contributed by atoms with van der Waals surface area (Å²) in [5, 5.41) is 3.82. The van der Waals surface area contributed by atoms with Gasteiger partial charge < -0.3 is 4.74 Å². The molecule has 0 aliphatic heterocycles. The lowest BCUT2D eigenvalue weighted by Gasteiger charge is -2.06. The van der Waals surface area contributed by atoms with Crippen molar-refractivity contribution in [3.05, 3.63) is 59.2 Å². The molecule has 23 heavy (non-hydrogen) atoms. The number of hydrogen-bond acceptors (Lipinski definition) is 4. The summed E-state index contributed by atoms with van der Waals surface area (Å²) < 4.78 is 29.8. The van der Waals surface area contributed by atoms with E-state index in [9.17, 15) is 8.42 Å². The molecule has 0 aliphatic rings. The Bertz CT molecular complexity index is 814. The lowest BCUT2D eigenvalue weighted by molar-refractivity contribution is 0.340. The average Bonchev–Trinajstić information content (AvgIpc) is 2.50. The maximum Gasteiger partial charge on any atom is 0.276 e. The topological polar surface area (TPSA) is 67.8 Å². The Morgan fingerprint density at radius 3 is 2.61 bits per heavy atom. The van der Waals surface area contributed by atoms with Crippen molar-refractivity contribution in [2.45, 2.75) is 25.7 Å². The summed E-state index contributed by atoms with van der Waals surface area (Å²) in [6.07, 6.45) is 1.45. The first kappa shape index (κ1) is 17.0. The Morgan fingerprint density at radius 1 is 1.13 bits per heavy atom. The van der Waals surface area contributed by atoms with E-state index in [-0.39, 0.29) is 4.90 Å². The lowest BCUT2D eigenvalue weighted by atomic mass is 10.1. The Morgan fingerprint density at radius 2 is 1.91 bits per heavy atom. The molecule has 0 bridgehead atoms. The molecule has 0 unspecified atom stereocenters. The van der Waals surface area contributed by atoms with Crippen molar-refractivity contribution < 1.29 is 13.2 Å². The first-order valence-electron chi connectivity index (χ1n) is 7.27. The van der Waals surface area contributed by atoms with Crippen molar-refractivity contribution in [2.75, 3.05) is 6.61 Å². The Labute approximate surface area is 137 Å². The second kappa shape index (κ2) is 7.28. The van der Waals surface area contributed by atoms with Gasteiger partial charge in [-0.1, -0.05) is 18.2 Å². The molecule has 1 N–H and O–H groups in total.